The number of methoxy groups -OCH3 is 1. The molecule has 0 spiro atoms. The number of carbonyl (C=O) groups excluding carboxylic acids is 1. The molecule has 0 fully saturated rings. The second-order valence-electron chi connectivity index (χ2n) is 10.1. The number of aryl methyl sites for hydroxylation is 1. The van der Waals surface area contributed by atoms with Gasteiger partial charge in [0, 0.05) is 21.6 Å². The Morgan fingerprint density at radius 3 is 2.69 bits per heavy atom. The summed E-state index contributed by atoms with van der Waals surface area (Å²) in [6.07, 6.45) is 2.17. The van der Waals surface area contributed by atoms with Gasteiger partial charge in [0.25, 0.3) is 5.91 Å². The van der Waals surface area contributed by atoms with Crippen LogP contribution >= 0.6 is 27.7 Å². The quantitative estimate of drug-likeness (QED) is 0.127. The van der Waals surface area contributed by atoms with Crippen molar-refractivity contribution in [1.82, 2.24) is 14.8 Å². The van der Waals surface area contributed by atoms with Crippen molar-refractivity contribution < 1.29 is 14.3 Å². The van der Waals surface area contributed by atoms with Crippen molar-refractivity contribution in [3.05, 3.63) is 99.2 Å². The third-order valence-electron chi connectivity index (χ3n) is 6.87. The number of rotatable bonds is 11. The van der Waals surface area contributed by atoms with Gasteiger partial charge >= 0.3 is 0 Å². The van der Waals surface area contributed by atoms with E-state index in [9.17, 15) is 4.79 Å². The topological polar surface area (TPSA) is 90.3 Å². The molecule has 1 unspecified atom stereocenters. The zero-order valence-electron chi connectivity index (χ0n) is 24.1. The van der Waals surface area contributed by atoms with E-state index in [0.29, 0.717) is 40.5 Å². The van der Waals surface area contributed by atoms with Gasteiger partial charge in [0.1, 0.15) is 12.6 Å². The Bertz CT molecular complexity index is 1620. The van der Waals surface area contributed by atoms with Gasteiger partial charge in [0.05, 0.1) is 12.7 Å². The summed E-state index contributed by atoms with van der Waals surface area (Å²) >= 11 is 5.13. The number of ether oxygens (including phenoxy) is 2. The fraction of sp³-hybridized carbons (Fsp3) is 0.281. The van der Waals surface area contributed by atoms with Gasteiger partial charge in [-0.3, -0.25) is 4.79 Å². The lowest BCUT2D eigenvalue weighted by atomic mass is 9.94. The van der Waals surface area contributed by atoms with Gasteiger partial charge in [-0.05, 0) is 73.4 Å². The van der Waals surface area contributed by atoms with Crippen LogP contribution in [0, 0.1) is 6.92 Å². The number of benzene rings is 3. The van der Waals surface area contributed by atoms with Crippen molar-refractivity contribution in [3.8, 4) is 11.5 Å². The Hall–Kier alpha value is -3.76. The predicted molar refractivity (Wildman–Crippen MR) is 171 cm³/mol. The third-order valence-corrected chi connectivity index (χ3v) is 8.29. The number of anilines is 2. The molecule has 8 nitrogen and oxygen atoms in total. The molecule has 4 aromatic rings. The fourth-order valence-electron chi connectivity index (χ4n) is 4.79. The molecule has 1 aliphatic rings. The molecule has 0 aliphatic carbocycles. The first-order chi connectivity index (χ1) is 20.4. The molecule has 42 heavy (non-hydrogen) atoms. The van der Waals surface area contributed by atoms with E-state index in [-0.39, 0.29) is 5.91 Å². The minimum absolute atomic E-state index is 0.217. The monoisotopic (exact) mass is 647 g/mol. The summed E-state index contributed by atoms with van der Waals surface area (Å²) in [5, 5.41) is 11.9. The number of hydrogen-bond donors (Lipinski definition) is 2. The van der Waals surface area contributed by atoms with E-state index >= 15 is 0 Å². The van der Waals surface area contributed by atoms with Crippen LogP contribution < -0.4 is 20.1 Å². The number of aromatic nitrogens is 3. The molecule has 1 amide bonds. The number of hydrogen-bond acceptors (Lipinski definition) is 7. The van der Waals surface area contributed by atoms with Crippen LogP contribution in [0.5, 0.6) is 11.5 Å². The number of halogens is 1. The van der Waals surface area contributed by atoms with Crippen LogP contribution in [-0.2, 0) is 11.4 Å². The lowest BCUT2D eigenvalue weighted by molar-refractivity contribution is -0.113. The standard InChI is InChI=1S/C32H34BrN5O3S/c1-5-6-15-42-32-36-31-34-21(3)28(30(39)35-25-12-7-9-20(2)16-25)29(38(31)37-32)23-13-14-26(27(18-23)40-4)41-19-22-10-8-11-24(33)17-22/h7-14,16-18,29H,5-6,15,19H2,1-4H3,(H,35,39)(H,34,36,37). The van der Waals surface area contributed by atoms with Crippen LogP contribution in [0.4, 0.5) is 11.6 Å². The average molecular weight is 649 g/mol. The summed E-state index contributed by atoms with van der Waals surface area (Å²) < 4.78 is 14.7. The van der Waals surface area contributed by atoms with Gasteiger partial charge in [-0.15, -0.1) is 5.10 Å². The van der Waals surface area contributed by atoms with Gasteiger partial charge in [0.2, 0.25) is 11.1 Å². The van der Waals surface area contributed by atoms with E-state index in [4.69, 9.17) is 19.6 Å². The Morgan fingerprint density at radius 1 is 1.10 bits per heavy atom. The number of carbonyl (C=O) groups is 1. The maximum atomic E-state index is 13.9. The normalized spacial score (nSPS) is 14.3. The molecule has 0 bridgehead atoms. The van der Waals surface area contributed by atoms with Crippen LogP contribution in [0.3, 0.4) is 0 Å². The lowest BCUT2D eigenvalue weighted by Crippen LogP contribution is -2.31. The summed E-state index contributed by atoms with van der Waals surface area (Å²) in [4.78, 5) is 18.6. The number of unbranched alkanes of at least 4 members (excludes halogenated alkanes) is 1. The highest BCUT2D eigenvalue weighted by Crippen LogP contribution is 2.40. The molecule has 5 rings (SSSR count). The van der Waals surface area contributed by atoms with E-state index in [1.807, 2.05) is 80.6 Å². The number of fused-ring (bicyclic) bond motifs is 1. The highest BCUT2D eigenvalue weighted by atomic mass is 79.9. The zero-order valence-corrected chi connectivity index (χ0v) is 26.5. The molecular formula is C32H34BrN5O3S. The van der Waals surface area contributed by atoms with E-state index in [1.165, 1.54) is 0 Å². The van der Waals surface area contributed by atoms with E-state index in [2.05, 4.69) is 33.5 Å². The second kappa shape index (κ2) is 13.5. The van der Waals surface area contributed by atoms with Crippen LogP contribution in [0.15, 0.2) is 87.6 Å². The first kappa shape index (κ1) is 29.7. The molecule has 2 heterocycles. The van der Waals surface area contributed by atoms with Gasteiger partial charge in [-0.25, -0.2) is 4.68 Å². The van der Waals surface area contributed by atoms with Crippen LogP contribution in [-0.4, -0.2) is 33.5 Å². The lowest BCUT2D eigenvalue weighted by Gasteiger charge is -2.29. The fourth-order valence-corrected chi connectivity index (χ4v) is 6.14. The molecule has 1 atom stereocenters. The van der Waals surface area contributed by atoms with Crippen LogP contribution in [0.2, 0.25) is 0 Å². The Balaban J connectivity index is 1.50. The zero-order chi connectivity index (χ0) is 29.6. The first-order valence-electron chi connectivity index (χ1n) is 13.9. The molecular weight excluding hydrogens is 614 g/mol. The maximum Gasteiger partial charge on any atom is 0.255 e. The van der Waals surface area contributed by atoms with Crippen molar-refractivity contribution in [1.29, 1.82) is 0 Å². The molecule has 3 aromatic carbocycles. The molecule has 0 radical (unpaired) electrons. The smallest absolute Gasteiger partial charge is 0.255 e. The van der Waals surface area contributed by atoms with E-state index < -0.39 is 6.04 Å². The number of nitrogens with one attached hydrogen (secondary N) is 2. The van der Waals surface area contributed by atoms with Crippen molar-refractivity contribution in [2.45, 2.75) is 51.4 Å². The van der Waals surface area contributed by atoms with Crippen LogP contribution in [0.1, 0.15) is 49.4 Å². The predicted octanol–water partition coefficient (Wildman–Crippen LogP) is 7.76. The number of amides is 1. The summed E-state index contributed by atoms with van der Waals surface area (Å²) in [5.74, 6) is 2.48. The SMILES string of the molecule is CCCCSc1nc2n(n1)C(c1ccc(OCc3cccc(Br)c3)c(OC)c1)C(C(=O)Nc1cccc(C)c1)=C(C)N2. The highest BCUT2D eigenvalue weighted by Gasteiger charge is 2.35. The largest absolute Gasteiger partial charge is 0.493 e. The van der Waals surface area contributed by atoms with Crippen molar-refractivity contribution in [2.75, 3.05) is 23.5 Å². The maximum absolute atomic E-state index is 13.9. The summed E-state index contributed by atoms with van der Waals surface area (Å²) in [7, 11) is 1.61. The second-order valence-corrected chi connectivity index (χ2v) is 12.1. The summed E-state index contributed by atoms with van der Waals surface area (Å²) in [6.45, 7) is 6.44. The molecule has 0 saturated heterocycles. The van der Waals surface area contributed by atoms with Gasteiger partial charge in [-0.2, -0.15) is 4.98 Å². The Labute approximate surface area is 259 Å². The van der Waals surface area contributed by atoms with E-state index in [1.54, 1.807) is 23.6 Å². The molecule has 1 aromatic heterocycles. The minimum Gasteiger partial charge on any atom is -0.493 e. The van der Waals surface area contributed by atoms with Gasteiger partial charge in [0.15, 0.2) is 11.5 Å². The van der Waals surface area contributed by atoms with E-state index in [0.717, 1.165) is 45.4 Å². The van der Waals surface area contributed by atoms with Crippen molar-refractivity contribution in [3.63, 3.8) is 0 Å². The molecule has 2 N–H and O–H groups in total. The molecule has 0 saturated carbocycles. The molecule has 218 valence electrons. The number of thioether (sulfide) groups is 1. The minimum atomic E-state index is -0.535. The number of allylic oxidation sites excluding steroid dienone is 1. The van der Waals surface area contributed by atoms with Crippen LogP contribution in [0.25, 0.3) is 0 Å². The third kappa shape index (κ3) is 6.82. The Morgan fingerprint density at radius 2 is 1.93 bits per heavy atom. The average Bonchev–Trinajstić information content (AvgIpc) is 3.37. The van der Waals surface area contributed by atoms with Crippen molar-refractivity contribution >= 4 is 45.2 Å². The van der Waals surface area contributed by atoms with Gasteiger partial charge < -0.3 is 20.1 Å². The summed E-state index contributed by atoms with van der Waals surface area (Å²) in [6, 6.07) is 21.0. The highest BCUT2D eigenvalue weighted by molar-refractivity contribution is 9.10. The number of nitrogens with zero attached hydrogens (tertiary/aromatic N) is 3. The molecule has 10 heteroatoms. The summed E-state index contributed by atoms with van der Waals surface area (Å²) in [5.41, 5.74) is 4.91. The van der Waals surface area contributed by atoms with Crippen molar-refractivity contribution in [2.24, 2.45) is 0 Å². The first-order valence-corrected chi connectivity index (χ1v) is 15.6. The van der Waals surface area contributed by atoms with Gasteiger partial charge in [-0.1, -0.05) is 71.4 Å². The molecule has 1 aliphatic heterocycles. The Kier molecular flexibility index (Phi) is 9.54.